The van der Waals surface area contributed by atoms with Crippen molar-refractivity contribution >= 4 is 14.0 Å². The van der Waals surface area contributed by atoms with E-state index >= 15 is 0 Å². The van der Waals surface area contributed by atoms with Crippen molar-refractivity contribution in [2.75, 3.05) is 7.11 Å². The maximum absolute atomic E-state index is 12.1. The zero-order valence-electron chi connectivity index (χ0n) is 14.4. The monoisotopic (exact) mass is 310 g/mol. The van der Waals surface area contributed by atoms with E-state index in [1.54, 1.807) is 0 Å². The quantitative estimate of drug-likeness (QED) is 0.336. The lowest BCUT2D eigenvalue weighted by Crippen LogP contribution is -2.42. The van der Waals surface area contributed by atoms with Gasteiger partial charge in [-0.25, -0.2) is 0 Å². The number of carbonyl (C=O) groups excluding carboxylic acids is 1. The fourth-order valence-corrected chi connectivity index (χ4v) is 5.40. The summed E-state index contributed by atoms with van der Waals surface area (Å²) in [6.07, 6.45) is 4.10. The lowest BCUT2D eigenvalue weighted by Gasteiger charge is -2.28. The predicted molar refractivity (Wildman–Crippen MR) is 88.6 cm³/mol. The van der Waals surface area contributed by atoms with Crippen LogP contribution in [0.2, 0.25) is 19.6 Å². The van der Waals surface area contributed by atoms with Crippen LogP contribution in [0.3, 0.4) is 0 Å². The van der Waals surface area contributed by atoms with E-state index in [4.69, 9.17) is 9.47 Å². The molecule has 1 aliphatic heterocycles. The third-order valence-corrected chi connectivity index (χ3v) is 6.51. The van der Waals surface area contributed by atoms with E-state index in [0.717, 1.165) is 12.8 Å². The lowest BCUT2D eigenvalue weighted by molar-refractivity contribution is -0.147. The summed E-state index contributed by atoms with van der Waals surface area (Å²) in [6.45, 7) is 11.1. The van der Waals surface area contributed by atoms with Crippen molar-refractivity contribution in [3.63, 3.8) is 0 Å². The molecule has 1 heterocycles. The molecule has 0 aliphatic carbocycles. The van der Waals surface area contributed by atoms with E-state index in [9.17, 15) is 4.79 Å². The van der Waals surface area contributed by atoms with Gasteiger partial charge in [0.2, 0.25) is 0 Å². The minimum absolute atomic E-state index is 0.163. The molecule has 0 spiro atoms. The molecule has 4 atom stereocenters. The maximum Gasteiger partial charge on any atom is 0.312 e. The number of methoxy groups -OCH3 is 1. The first-order chi connectivity index (χ1) is 9.82. The van der Waals surface area contributed by atoms with Gasteiger partial charge in [0.1, 0.15) is 6.10 Å². The molecule has 4 heteroatoms. The lowest BCUT2D eigenvalue weighted by atomic mass is 9.92. The second-order valence-corrected chi connectivity index (χ2v) is 12.3. The van der Waals surface area contributed by atoms with Crippen LogP contribution in [0, 0.1) is 23.7 Å². The van der Waals surface area contributed by atoms with Crippen LogP contribution in [-0.4, -0.2) is 33.0 Å². The number of hydrogen-bond acceptors (Lipinski definition) is 3. The van der Waals surface area contributed by atoms with Crippen LogP contribution < -0.4 is 0 Å². The highest BCUT2D eigenvalue weighted by atomic mass is 28.3. The molecule has 120 valence electrons. The summed E-state index contributed by atoms with van der Waals surface area (Å²) in [4.78, 5) is 12.1. The molecule has 1 rings (SSSR count). The van der Waals surface area contributed by atoms with Gasteiger partial charge in [-0.1, -0.05) is 52.3 Å². The van der Waals surface area contributed by atoms with Gasteiger partial charge < -0.3 is 9.47 Å². The Bertz CT molecular complexity index is 402. The summed E-state index contributed by atoms with van der Waals surface area (Å²) < 4.78 is 11.1. The molecule has 1 fully saturated rings. The molecule has 0 radical (unpaired) electrons. The average molecular weight is 311 g/mol. The van der Waals surface area contributed by atoms with Crippen LogP contribution in [0.1, 0.15) is 39.5 Å². The number of esters is 1. The molecule has 0 amide bonds. The highest BCUT2D eigenvalue weighted by molar-refractivity contribution is 6.77. The van der Waals surface area contributed by atoms with Gasteiger partial charge in [-0.2, -0.15) is 0 Å². The normalized spacial score (nSPS) is 28.9. The van der Waals surface area contributed by atoms with Crippen molar-refractivity contribution in [3.8, 4) is 11.8 Å². The Hall–Kier alpha value is -0.793. The van der Waals surface area contributed by atoms with Gasteiger partial charge >= 0.3 is 5.97 Å². The molecule has 1 aliphatic rings. The minimum Gasteiger partial charge on any atom is -0.469 e. The number of unbranched alkanes of at least 4 members (excludes halogenated alkanes) is 3. The first-order valence-corrected chi connectivity index (χ1v) is 11.6. The van der Waals surface area contributed by atoms with Crippen molar-refractivity contribution in [3.05, 3.63) is 0 Å². The van der Waals surface area contributed by atoms with Gasteiger partial charge in [0.05, 0.1) is 26.8 Å². The van der Waals surface area contributed by atoms with Gasteiger partial charge in [-0.05, 0) is 12.3 Å². The smallest absolute Gasteiger partial charge is 0.312 e. The van der Waals surface area contributed by atoms with Crippen molar-refractivity contribution in [1.82, 2.24) is 0 Å². The molecular weight excluding hydrogens is 280 g/mol. The van der Waals surface area contributed by atoms with Gasteiger partial charge in [-0.15, -0.1) is 5.92 Å². The Morgan fingerprint density at radius 2 is 1.95 bits per heavy atom. The largest absolute Gasteiger partial charge is 0.469 e. The molecule has 0 unspecified atom stereocenters. The molecular formula is C17H30O3Si. The van der Waals surface area contributed by atoms with Crippen LogP contribution in [0.25, 0.3) is 0 Å². The second-order valence-electron chi connectivity index (χ2n) is 7.03. The average Bonchev–Trinajstić information content (AvgIpc) is 2.74. The van der Waals surface area contributed by atoms with Crippen molar-refractivity contribution in [2.24, 2.45) is 11.8 Å². The summed E-state index contributed by atoms with van der Waals surface area (Å²) in [6, 6.07) is 0. The Morgan fingerprint density at radius 3 is 2.48 bits per heavy atom. The number of rotatable bonds is 5. The van der Waals surface area contributed by atoms with E-state index in [0.29, 0.717) is 0 Å². The Morgan fingerprint density at radius 1 is 1.29 bits per heavy atom. The summed E-state index contributed by atoms with van der Waals surface area (Å²) >= 11 is 0. The van der Waals surface area contributed by atoms with Crippen LogP contribution in [0.15, 0.2) is 0 Å². The van der Waals surface area contributed by atoms with E-state index in [-0.39, 0.29) is 29.6 Å². The highest BCUT2D eigenvalue weighted by Crippen LogP contribution is 2.37. The zero-order valence-corrected chi connectivity index (χ0v) is 15.4. The van der Waals surface area contributed by atoms with Crippen LogP contribution >= 0.6 is 0 Å². The number of carbonyl (C=O) groups is 1. The number of hydrogen-bond donors (Lipinski definition) is 0. The van der Waals surface area contributed by atoms with Crippen molar-refractivity contribution < 1.29 is 14.3 Å². The fourth-order valence-electron chi connectivity index (χ4n) is 3.06. The molecule has 0 saturated carbocycles. The van der Waals surface area contributed by atoms with E-state index in [1.165, 1.54) is 20.0 Å². The molecule has 0 N–H and O–H groups in total. The Labute approximate surface area is 130 Å². The SMILES string of the molecule is CCCCCC#C[C@H]1O[C@@H]([Si](C)(C)C)[C@@H](C)[C@@H]1C(=O)OC. The first kappa shape index (κ1) is 18.3. The summed E-state index contributed by atoms with van der Waals surface area (Å²) in [5, 5.41) is 0. The molecule has 0 aromatic heterocycles. The predicted octanol–water partition coefficient (Wildman–Crippen LogP) is 3.64. The van der Waals surface area contributed by atoms with E-state index in [1.807, 2.05) is 0 Å². The molecule has 21 heavy (non-hydrogen) atoms. The molecule has 0 aromatic carbocycles. The van der Waals surface area contributed by atoms with Gasteiger partial charge in [0, 0.05) is 6.42 Å². The highest BCUT2D eigenvalue weighted by Gasteiger charge is 2.50. The third kappa shape index (κ3) is 4.86. The minimum atomic E-state index is -1.49. The molecule has 3 nitrogen and oxygen atoms in total. The Balaban J connectivity index is 2.81. The second kappa shape index (κ2) is 8.00. The Kier molecular flexibility index (Phi) is 6.96. The topological polar surface area (TPSA) is 35.5 Å². The summed E-state index contributed by atoms with van der Waals surface area (Å²) in [5.41, 5.74) is 0.163. The van der Waals surface area contributed by atoms with Gasteiger partial charge in [0.15, 0.2) is 0 Å². The van der Waals surface area contributed by atoms with Gasteiger partial charge in [0.25, 0.3) is 0 Å². The van der Waals surface area contributed by atoms with E-state index < -0.39 is 8.07 Å². The van der Waals surface area contributed by atoms with Crippen LogP contribution in [-0.2, 0) is 14.3 Å². The van der Waals surface area contributed by atoms with Crippen molar-refractivity contribution in [2.45, 2.75) is 71.0 Å². The summed E-state index contributed by atoms with van der Waals surface area (Å²) in [7, 11) is -0.0404. The third-order valence-electron chi connectivity index (χ3n) is 4.14. The molecule has 1 saturated heterocycles. The number of ether oxygens (including phenoxy) is 2. The summed E-state index contributed by atoms with van der Waals surface area (Å²) in [5.74, 6) is 6.13. The van der Waals surface area contributed by atoms with E-state index in [2.05, 4.69) is 45.3 Å². The van der Waals surface area contributed by atoms with Crippen molar-refractivity contribution in [1.29, 1.82) is 0 Å². The van der Waals surface area contributed by atoms with Crippen LogP contribution in [0.4, 0.5) is 0 Å². The first-order valence-electron chi connectivity index (χ1n) is 8.04. The molecule has 0 bridgehead atoms. The standard InChI is InChI=1S/C17H30O3Si/c1-7-8-9-10-11-12-14-15(16(18)19-3)13(2)17(20-14)21(4,5)6/h13-15,17H,7-10H2,1-6H3/t13-,14+,15-,17-/m0/s1. The zero-order chi connectivity index (χ0) is 16.0. The fraction of sp³-hybridized carbons (Fsp3) is 0.824. The molecule has 0 aromatic rings. The maximum atomic E-state index is 12.1. The van der Waals surface area contributed by atoms with Crippen LogP contribution in [0.5, 0.6) is 0 Å². The van der Waals surface area contributed by atoms with Gasteiger partial charge in [-0.3, -0.25) is 4.79 Å².